The first-order valence-corrected chi connectivity index (χ1v) is 10.5. The predicted octanol–water partition coefficient (Wildman–Crippen LogP) is 3.52. The van der Waals surface area contributed by atoms with E-state index in [1.807, 2.05) is 0 Å². The number of aryl methyl sites for hydroxylation is 2. The Kier molecular flexibility index (Phi) is 7.30. The zero-order valence-corrected chi connectivity index (χ0v) is 18.9. The first-order chi connectivity index (χ1) is 14.0. The largest absolute Gasteiger partial charge is 0.493 e. The van der Waals surface area contributed by atoms with E-state index in [0.29, 0.717) is 17.7 Å². The molecule has 0 aromatic heterocycles. The maximum Gasteiger partial charge on any atom is 0.161 e. The zero-order valence-electron chi connectivity index (χ0n) is 18.1. The average molecular weight is 433 g/mol. The molecular formula is C24H33ClN2O3. The van der Waals surface area contributed by atoms with Crippen LogP contribution in [0.2, 0.25) is 0 Å². The minimum atomic E-state index is -0.00867. The standard InChI is InChI=1S/C24H32N2O3.ClH/c1-15-4-5-16(2)18(10-15)20-14-26-7-6-17-11-24(29-9-8-27)23(28-3)12-19(17)22(26)13-21(20)25;/h4-5,10-12,20-22,27H,6-9,13-14,25H2,1-3H3;1H/t20-,21+,22+;/m1./s1. The molecule has 5 nitrogen and oxygen atoms in total. The van der Waals surface area contributed by atoms with Crippen LogP contribution in [0, 0.1) is 13.8 Å². The van der Waals surface area contributed by atoms with Crippen molar-refractivity contribution in [3.63, 3.8) is 0 Å². The van der Waals surface area contributed by atoms with E-state index in [4.69, 9.17) is 20.3 Å². The summed E-state index contributed by atoms with van der Waals surface area (Å²) < 4.78 is 11.3. The molecule has 0 radical (unpaired) electrons. The monoisotopic (exact) mass is 432 g/mol. The Morgan fingerprint density at radius 3 is 2.67 bits per heavy atom. The molecule has 3 atom stereocenters. The van der Waals surface area contributed by atoms with Crippen molar-refractivity contribution in [3.05, 3.63) is 58.1 Å². The van der Waals surface area contributed by atoms with Crippen molar-refractivity contribution in [3.8, 4) is 11.5 Å². The fourth-order valence-corrected chi connectivity index (χ4v) is 4.98. The Morgan fingerprint density at radius 2 is 1.93 bits per heavy atom. The molecule has 2 aromatic carbocycles. The summed E-state index contributed by atoms with van der Waals surface area (Å²) in [6, 6.07) is 11.3. The van der Waals surface area contributed by atoms with Crippen LogP contribution in [-0.2, 0) is 6.42 Å². The highest BCUT2D eigenvalue weighted by atomic mass is 35.5. The number of hydrogen-bond acceptors (Lipinski definition) is 5. The van der Waals surface area contributed by atoms with Crippen molar-refractivity contribution < 1.29 is 14.6 Å². The maximum absolute atomic E-state index is 9.08. The number of aliphatic hydroxyl groups excluding tert-OH is 1. The number of nitrogens with two attached hydrogens (primary N) is 1. The number of methoxy groups -OCH3 is 1. The molecule has 4 rings (SSSR count). The Balaban J connectivity index is 0.00000256. The third-order valence-electron chi connectivity index (χ3n) is 6.52. The molecule has 0 bridgehead atoms. The minimum Gasteiger partial charge on any atom is -0.493 e. The van der Waals surface area contributed by atoms with Gasteiger partial charge in [-0.25, -0.2) is 0 Å². The van der Waals surface area contributed by atoms with E-state index in [0.717, 1.165) is 31.7 Å². The van der Waals surface area contributed by atoms with Gasteiger partial charge in [-0.15, -0.1) is 12.4 Å². The molecule has 2 aromatic rings. The number of aliphatic hydroxyl groups is 1. The van der Waals surface area contributed by atoms with Gasteiger partial charge < -0.3 is 20.3 Å². The SMILES string of the molecule is COc1cc2c(cc1OCCO)CCN1C[C@H](c3cc(C)ccc3C)[C@@H](N)C[C@@H]21.Cl. The molecule has 6 heteroatoms. The van der Waals surface area contributed by atoms with Gasteiger partial charge in [0.15, 0.2) is 11.5 Å². The number of ether oxygens (including phenoxy) is 2. The van der Waals surface area contributed by atoms with Crippen LogP contribution in [0.4, 0.5) is 0 Å². The second kappa shape index (κ2) is 9.56. The summed E-state index contributed by atoms with van der Waals surface area (Å²) in [5, 5.41) is 9.08. The summed E-state index contributed by atoms with van der Waals surface area (Å²) in [6.07, 6.45) is 1.92. The number of rotatable bonds is 5. The summed E-state index contributed by atoms with van der Waals surface area (Å²) in [4.78, 5) is 2.59. The maximum atomic E-state index is 9.08. The van der Waals surface area contributed by atoms with Crippen LogP contribution in [0.3, 0.4) is 0 Å². The van der Waals surface area contributed by atoms with E-state index < -0.39 is 0 Å². The van der Waals surface area contributed by atoms with Gasteiger partial charge >= 0.3 is 0 Å². The van der Waals surface area contributed by atoms with E-state index in [-0.39, 0.29) is 31.7 Å². The van der Waals surface area contributed by atoms with Crippen LogP contribution in [0.5, 0.6) is 11.5 Å². The van der Waals surface area contributed by atoms with Crippen molar-refractivity contribution in [2.45, 2.75) is 44.7 Å². The molecule has 0 spiro atoms. The molecule has 164 valence electrons. The number of benzene rings is 2. The van der Waals surface area contributed by atoms with Crippen LogP contribution >= 0.6 is 12.4 Å². The van der Waals surface area contributed by atoms with Crippen molar-refractivity contribution in [1.29, 1.82) is 0 Å². The summed E-state index contributed by atoms with van der Waals surface area (Å²) in [5.41, 5.74) is 13.4. The lowest BCUT2D eigenvalue weighted by atomic mass is 9.77. The number of hydrogen-bond donors (Lipinski definition) is 2. The minimum absolute atomic E-state index is 0. The van der Waals surface area contributed by atoms with Crippen LogP contribution in [0.15, 0.2) is 30.3 Å². The molecule has 0 saturated carbocycles. The summed E-state index contributed by atoms with van der Waals surface area (Å²) in [6.45, 7) is 6.62. The number of piperidine rings is 1. The molecular weight excluding hydrogens is 400 g/mol. The first-order valence-electron chi connectivity index (χ1n) is 10.5. The third-order valence-corrected chi connectivity index (χ3v) is 6.52. The molecule has 2 aliphatic heterocycles. The van der Waals surface area contributed by atoms with Crippen LogP contribution in [0.1, 0.15) is 46.2 Å². The summed E-state index contributed by atoms with van der Waals surface area (Å²) >= 11 is 0. The Hall–Kier alpha value is -1.79. The van der Waals surface area contributed by atoms with Crippen LogP contribution in [-0.4, -0.2) is 49.5 Å². The number of fused-ring (bicyclic) bond motifs is 3. The molecule has 1 fully saturated rings. The average Bonchev–Trinajstić information content (AvgIpc) is 2.72. The van der Waals surface area contributed by atoms with E-state index in [1.54, 1.807) is 7.11 Å². The lowest BCUT2D eigenvalue weighted by molar-refractivity contribution is 0.109. The Labute approximate surface area is 185 Å². The first kappa shape index (κ1) is 22.9. The van der Waals surface area contributed by atoms with E-state index in [2.05, 4.69) is 49.1 Å². The lowest BCUT2D eigenvalue weighted by Gasteiger charge is -2.46. The highest BCUT2D eigenvalue weighted by Gasteiger charge is 2.39. The van der Waals surface area contributed by atoms with E-state index >= 15 is 0 Å². The normalized spacial score (nSPS) is 23.2. The predicted molar refractivity (Wildman–Crippen MR) is 122 cm³/mol. The van der Waals surface area contributed by atoms with E-state index in [1.165, 1.54) is 27.8 Å². The third kappa shape index (κ3) is 4.30. The van der Waals surface area contributed by atoms with E-state index in [9.17, 15) is 0 Å². The lowest BCUT2D eigenvalue weighted by Crippen LogP contribution is -2.49. The topological polar surface area (TPSA) is 68.0 Å². The van der Waals surface area contributed by atoms with Gasteiger partial charge in [-0.2, -0.15) is 0 Å². The van der Waals surface area contributed by atoms with Gasteiger partial charge in [-0.1, -0.05) is 23.8 Å². The molecule has 2 heterocycles. The number of nitrogens with zero attached hydrogens (tertiary/aromatic N) is 1. The van der Waals surface area contributed by atoms with Gasteiger partial charge in [0.05, 0.1) is 13.7 Å². The van der Waals surface area contributed by atoms with Gasteiger partial charge in [0.25, 0.3) is 0 Å². The second-order valence-electron chi connectivity index (χ2n) is 8.40. The quantitative estimate of drug-likeness (QED) is 0.756. The smallest absolute Gasteiger partial charge is 0.161 e. The van der Waals surface area contributed by atoms with Gasteiger partial charge in [0.1, 0.15) is 6.61 Å². The van der Waals surface area contributed by atoms with Gasteiger partial charge in [0, 0.05) is 31.1 Å². The van der Waals surface area contributed by atoms with Gasteiger partial charge in [-0.05, 0) is 61.1 Å². The molecule has 0 unspecified atom stereocenters. The summed E-state index contributed by atoms with van der Waals surface area (Å²) in [5.74, 6) is 1.80. The zero-order chi connectivity index (χ0) is 20.5. The molecule has 0 aliphatic carbocycles. The Bertz CT molecular complexity index is 889. The molecule has 2 aliphatic rings. The second-order valence-corrected chi connectivity index (χ2v) is 8.40. The van der Waals surface area contributed by atoms with Crippen LogP contribution in [0.25, 0.3) is 0 Å². The van der Waals surface area contributed by atoms with Crippen molar-refractivity contribution >= 4 is 12.4 Å². The highest BCUT2D eigenvalue weighted by molar-refractivity contribution is 5.85. The Morgan fingerprint density at radius 1 is 1.13 bits per heavy atom. The van der Waals surface area contributed by atoms with Crippen molar-refractivity contribution in [1.82, 2.24) is 4.90 Å². The van der Waals surface area contributed by atoms with Crippen molar-refractivity contribution in [2.24, 2.45) is 5.73 Å². The fourth-order valence-electron chi connectivity index (χ4n) is 4.98. The summed E-state index contributed by atoms with van der Waals surface area (Å²) in [7, 11) is 1.66. The molecule has 30 heavy (non-hydrogen) atoms. The molecule has 0 amide bonds. The highest BCUT2D eigenvalue weighted by Crippen LogP contribution is 2.44. The number of halogens is 1. The molecule has 1 saturated heterocycles. The van der Waals surface area contributed by atoms with Gasteiger partial charge in [0.2, 0.25) is 0 Å². The van der Waals surface area contributed by atoms with Gasteiger partial charge in [-0.3, -0.25) is 4.90 Å². The van der Waals surface area contributed by atoms with Crippen molar-refractivity contribution in [2.75, 3.05) is 33.4 Å². The van der Waals surface area contributed by atoms with Crippen LogP contribution < -0.4 is 15.2 Å². The fraction of sp³-hybridized carbons (Fsp3) is 0.500. The molecule has 3 N–H and O–H groups in total.